The summed E-state index contributed by atoms with van der Waals surface area (Å²) in [5.41, 5.74) is 4.02. The van der Waals surface area contributed by atoms with Gasteiger partial charge in [-0.15, -0.1) is 0 Å². The summed E-state index contributed by atoms with van der Waals surface area (Å²) in [6, 6.07) is 9.40. The molecule has 1 aromatic heterocycles. The lowest BCUT2D eigenvalue weighted by Gasteiger charge is -2.22. The molecule has 0 saturated heterocycles. The number of fused-ring (bicyclic) bond motifs is 1. The van der Waals surface area contributed by atoms with Crippen molar-refractivity contribution in [2.75, 3.05) is 11.4 Å². The number of amides is 1. The monoisotopic (exact) mass is 310 g/mol. The zero-order valence-electron chi connectivity index (χ0n) is 14.1. The Morgan fingerprint density at radius 1 is 1.13 bits per heavy atom. The Labute approximate surface area is 136 Å². The van der Waals surface area contributed by atoms with Crippen molar-refractivity contribution >= 4 is 11.6 Å². The van der Waals surface area contributed by atoms with Crippen LogP contribution in [0.25, 0.3) is 0 Å². The van der Waals surface area contributed by atoms with Crippen LogP contribution in [0.4, 0.5) is 5.69 Å². The molecule has 4 nitrogen and oxygen atoms in total. The van der Waals surface area contributed by atoms with Crippen molar-refractivity contribution in [3.05, 3.63) is 63.6 Å². The van der Waals surface area contributed by atoms with E-state index in [1.807, 2.05) is 11.0 Å². The van der Waals surface area contributed by atoms with E-state index in [0.717, 1.165) is 12.1 Å². The number of pyridine rings is 1. The molecule has 0 aliphatic carbocycles. The van der Waals surface area contributed by atoms with Gasteiger partial charge in [0.05, 0.1) is 5.56 Å². The van der Waals surface area contributed by atoms with Crippen molar-refractivity contribution < 1.29 is 4.79 Å². The largest absolute Gasteiger partial charge is 0.318 e. The summed E-state index contributed by atoms with van der Waals surface area (Å²) in [5, 5.41) is 0. The molecule has 3 rings (SSSR count). The Kier molecular flexibility index (Phi) is 3.63. The van der Waals surface area contributed by atoms with E-state index >= 15 is 0 Å². The third-order valence-corrected chi connectivity index (χ3v) is 4.42. The maximum Gasteiger partial charge on any atom is 0.259 e. The van der Waals surface area contributed by atoms with E-state index in [-0.39, 0.29) is 16.9 Å². The van der Waals surface area contributed by atoms with E-state index in [4.69, 9.17) is 0 Å². The van der Waals surface area contributed by atoms with Crippen molar-refractivity contribution in [3.8, 4) is 0 Å². The van der Waals surface area contributed by atoms with Crippen LogP contribution in [0, 0.1) is 0 Å². The fourth-order valence-corrected chi connectivity index (χ4v) is 2.96. The standard InChI is InChI=1S/C19H22N2O2/c1-19(2,3)15-6-7-16-13(11-15)9-10-21(16)18(23)14-5-8-17(22)20(4)12-14/h5-8,11-12H,9-10H2,1-4H3. The van der Waals surface area contributed by atoms with Gasteiger partial charge in [0, 0.05) is 31.5 Å². The zero-order chi connectivity index (χ0) is 16.8. The lowest BCUT2D eigenvalue weighted by atomic mass is 9.86. The molecule has 0 bridgehead atoms. The number of aromatic nitrogens is 1. The number of aryl methyl sites for hydroxylation is 1. The summed E-state index contributed by atoms with van der Waals surface area (Å²) in [4.78, 5) is 26.1. The predicted molar refractivity (Wildman–Crippen MR) is 92.2 cm³/mol. The SMILES string of the molecule is Cn1cc(C(=O)N2CCc3cc(C(C)(C)C)ccc32)ccc1=O. The number of benzene rings is 1. The molecule has 0 saturated carbocycles. The van der Waals surface area contributed by atoms with Gasteiger partial charge in [0.25, 0.3) is 5.91 Å². The van der Waals surface area contributed by atoms with E-state index in [1.54, 1.807) is 19.3 Å². The summed E-state index contributed by atoms with van der Waals surface area (Å²) >= 11 is 0. The summed E-state index contributed by atoms with van der Waals surface area (Å²) in [6.45, 7) is 7.26. The van der Waals surface area contributed by atoms with Crippen molar-refractivity contribution in [2.45, 2.75) is 32.6 Å². The van der Waals surface area contributed by atoms with E-state index in [0.29, 0.717) is 12.1 Å². The Balaban J connectivity index is 1.94. The maximum atomic E-state index is 12.8. The molecule has 23 heavy (non-hydrogen) atoms. The summed E-state index contributed by atoms with van der Waals surface area (Å²) < 4.78 is 1.44. The van der Waals surface area contributed by atoms with E-state index in [2.05, 4.69) is 32.9 Å². The maximum absolute atomic E-state index is 12.8. The number of nitrogens with zero attached hydrogens (tertiary/aromatic N) is 2. The van der Waals surface area contributed by atoms with Crippen LogP contribution in [0.2, 0.25) is 0 Å². The molecule has 1 aliphatic heterocycles. The summed E-state index contributed by atoms with van der Waals surface area (Å²) in [6.07, 6.45) is 2.48. The minimum atomic E-state index is -0.113. The highest BCUT2D eigenvalue weighted by Crippen LogP contribution is 2.33. The van der Waals surface area contributed by atoms with E-state index < -0.39 is 0 Å². The quantitative estimate of drug-likeness (QED) is 0.813. The number of anilines is 1. The number of hydrogen-bond acceptors (Lipinski definition) is 2. The van der Waals surface area contributed by atoms with Crippen molar-refractivity contribution in [3.63, 3.8) is 0 Å². The van der Waals surface area contributed by atoms with Crippen molar-refractivity contribution in [2.24, 2.45) is 7.05 Å². The first-order valence-electron chi connectivity index (χ1n) is 7.89. The third-order valence-electron chi connectivity index (χ3n) is 4.42. The summed E-state index contributed by atoms with van der Waals surface area (Å²) in [5.74, 6) is -0.0529. The molecule has 2 heterocycles. The lowest BCUT2D eigenvalue weighted by Crippen LogP contribution is -2.30. The van der Waals surface area contributed by atoms with Gasteiger partial charge in [0.15, 0.2) is 0 Å². The van der Waals surface area contributed by atoms with Crippen molar-refractivity contribution in [1.29, 1.82) is 0 Å². The van der Waals surface area contributed by atoms with Crippen LogP contribution < -0.4 is 10.5 Å². The molecule has 0 atom stereocenters. The van der Waals surface area contributed by atoms with Crippen LogP contribution in [0.15, 0.2) is 41.3 Å². The molecule has 1 aliphatic rings. The van der Waals surface area contributed by atoms with Crippen LogP contribution in [0.5, 0.6) is 0 Å². The average molecular weight is 310 g/mol. The zero-order valence-corrected chi connectivity index (χ0v) is 14.1. The molecule has 0 spiro atoms. The number of carbonyl (C=O) groups is 1. The molecular weight excluding hydrogens is 288 g/mol. The molecule has 120 valence electrons. The highest BCUT2D eigenvalue weighted by atomic mass is 16.2. The molecule has 1 amide bonds. The Morgan fingerprint density at radius 3 is 2.52 bits per heavy atom. The normalized spacial score (nSPS) is 14.0. The Hall–Kier alpha value is -2.36. The van der Waals surface area contributed by atoms with Crippen molar-refractivity contribution in [1.82, 2.24) is 4.57 Å². The van der Waals surface area contributed by atoms with Gasteiger partial charge in [-0.2, -0.15) is 0 Å². The number of rotatable bonds is 1. The molecule has 0 N–H and O–H groups in total. The first-order chi connectivity index (χ1) is 10.8. The Bertz CT molecular complexity index is 828. The molecule has 0 radical (unpaired) electrons. The van der Waals surface area contributed by atoms with E-state index in [1.165, 1.54) is 21.8 Å². The topological polar surface area (TPSA) is 42.3 Å². The average Bonchev–Trinajstić information content (AvgIpc) is 2.91. The van der Waals surface area contributed by atoms with E-state index in [9.17, 15) is 9.59 Å². The molecule has 4 heteroatoms. The minimum Gasteiger partial charge on any atom is -0.318 e. The molecule has 0 fully saturated rings. The van der Waals surface area contributed by atoms with Crippen LogP contribution in [-0.2, 0) is 18.9 Å². The molecule has 0 unspecified atom stereocenters. The Morgan fingerprint density at radius 2 is 1.87 bits per heavy atom. The molecular formula is C19H22N2O2. The smallest absolute Gasteiger partial charge is 0.259 e. The predicted octanol–water partition coefficient (Wildman–Crippen LogP) is 2.89. The van der Waals surface area contributed by atoms with Gasteiger partial charge in [-0.1, -0.05) is 32.9 Å². The molecule has 2 aromatic rings. The van der Waals surface area contributed by atoms with Crippen LogP contribution in [-0.4, -0.2) is 17.0 Å². The van der Waals surface area contributed by atoms with Crippen LogP contribution in [0.3, 0.4) is 0 Å². The van der Waals surface area contributed by atoms with Gasteiger partial charge >= 0.3 is 0 Å². The highest BCUT2D eigenvalue weighted by Gasteiger charge is 2.27. The lowest BCUT2D eigenvalue weighted by molar-refractivity contribution is 0.0988. The second-order valence-electron chi connectivity index (χ2n) is 7.17. The third kappa shape index (κ3) is 2.81. The second-order valence-corrected chi connectivity index (χ2v) is 7.17. The second kappa shape index (κ2) is 5.37. The van der Waals surface area contributed by atoms with Gasteiger partial charge in [-0.05, 0) is 35.1 Å². The summed E-state index contributed by atoms with van der Waals surface area (Å²) in [7, 11) is 1.66. The first kappa shape index (κ1) is 15.5. The van der Waals surface area contributed by atoms with Crippen LogP contribution >= 0.6 is 0 Å². The number of hydrogen-bond donors (Lipinski definition) is 0. The van der Waals surface area contributed by atoms with Gasteiger partial charge in [0.1, 0.15) is 0 Å². The fraction of sp³-hybridized carbons (Fsp3) is 0.368. The number of carbonyl (C=O) groups excluding carboxylic acids is 1. The molecule has 1 aromatic carbocycles. The van der Waals surface area contributed by atoms with Gasteiger partial charge in [-0.25, -0.2) is 0 Å². The van der Waals surface area contributed by atoms with Gasteiger partial charge in [0.2, 0.25) is 5.56 Å². The fourth-order valence-electron chi connectivity index (χ4n) is 2.96. The van der Waals surface area contributed by atoms with Gasteiger partial charge in [-0.3, -0.25) is 9.59 Å². The van der Waals surface area contributed by atoms with Crippen LogP contribution in [0.1, 0.15) is 42.3 Å². The van der Waals surface area contributed by atoms with Gasteiger partial charge < -0.3 is 9.47 Å². The first-order valence-corrected chi connectivity index (χ1v) is 7.89. The highest BCUT2D eigenvalue weighted by molar-refractivity contribution is 6.07. The minimum absolute atomic E-state index is 0.0529.